The van der Waals surface area contributed by atoms with Gasteiger partial charge < -0.3 is 5.11 Å². The van der Waals surface area contributed by atoms with Gasteiger partial charge in [-0.2, -0.15) is 0 Å². The van der Waals surface area contributed by atoms with Gasteiger partial charge in [-0.25, -0.2) is 0 Å². The maximum atomic E-state index is 10.2. The molecule has 1 heterocycles. The highest BCUT2D eigenvalue weighted by Gasteiger charge is 2.53. The summed E-state index contributed by atoms with van der Waals surface area (Å²) in [5.41, 5.74) is 0.394. The molecular weight excluding hydrogens is 230 g/mol. The third-order valence-corrected chi connectivity index (χ3v) is 3.44. The molecule has 1 N–H and O–H groups in total. The van der Waals surface area contributed by atoms with Crippen LogP contribution < -0.4 is 0 Å². The first kappa shape index (κ1) is 9.16. The molecule has 0 radical (unpaired) electrons. The summed E-state index contributed by atoms with van der Waals surface area (Å²) in [4.78, 5) is 3.98. The Labute approximate surface area is 86.1 Å². The van der Waals surface area contributed by atoms with Crippen LogP contribution in [0.25, 0.3) is 0 Å². The Kier molecular flexibility index (Phi) is 2.16. The summed E-state index contributed by atoms with van der Waals surface area (Å²) < 4.78 is 0.911. The molecule has 3 heteroatoms. The molecule has 1 aliphatic rings. The molecule has 1 aromatic heterocycles. The van der Waals surface area contributed by atoms with Gasteiger partial charge in [-0.1, -0.05) is 13.3 Å². The summed E-state index contributed by atoms with van der Waals surface area (Å²) in [5, 5.41) is 10.2. The SMILES string of the molecule is CCC1CC1(O)c1ccncc1Br. The van der Waals surface area contributed by atoms with Crippen LogP contribution in [0.4, 0.5) is 0 Å². The Bertz CT molecular complexity index is 328. The second kappa shape index (κ2) is 3.07. The minimum Gasteiger partial charge on any atom is -0.385 e. The van der Waals surface area contributed by atoms with Crippen LogP contribution in [0, 0.1) is 5.92 Å². The predicted molar refractivity (Wildman–Crippen MR) is 54.2 cm³/mol. The molecule has 2 unspecified atom stereocenters. The van der Waals surface area contributed by atoms with Crippen molar-refractivity contribution < 1.29 is 5.11 Å². The summed E-state index contributed by atoms with van der Waals surface area (Å²) in [7, 11) is 0. The van der Waals surface area contributed by atoms with Gasteiger partial charge in [0.2, 0.25) is 0 Å². The highest BCUT2D eigenvalue weighted by Crippen LogP contribution is 2.55. The highest BCUT2D eigenvalue weighted by atomic mass is 79.9. The monoisotopic (exact) mass is 241 g/mol. The lowest BCUT2D eigenvalue weighted by atomic mass is 10.1. The topological polar surface area (TPSA) is 33.1 Å². The van der Waals surface area contributed by atoms with Crippen molar-refractivity contribution in [2.75, 3.05) is 0 Å². The fourth-order valence-corrected chi connectivity index (χ4v) is 2.45. The van der Waals surface area contributed by atoms with Gasteiger partial charge in [-0.05, 0) is 34.3 Å². The van der Waals surface area contributed by atoms with Gasteiger partial charge in [-0.15, -0.1) is 0 Å². The molecule has 2 rings (SSSR count). The Morgan fingerprint density at radius 2 is 2.54 bits per heavy atom. The fraction of sp³-hybridized carbons (Fsp3) is 0.500. The summed E-state index contributed by atoms with van der Waals surface area (Å²) >= 11 is 3.41. The molecule has 13 heavy (non-hydrogen) atoms. The molecule has 0 bridgehead atoms. The van der Waals surface area contributed by atoms with Crippen molar-refractivity contribution in [3.63, 3.8) is 0 Å². The largest absolute Gasteiger partial charge is 0.385 e. The first-order valence-electron chi connectivity index (χ1n) is 4.51. The number of hydrogen-bond acceptors (Lipinski definition) is 2. The van der Waals surface area contributed by atoms with Crippen LogP contribution in [0.15, 0.2) is 22.9 Å². The second-order valence-electron chi connectivity index (χ2n) is 3.59. The van der Waals surface area contributed by atoms with Crippen molar-refractivity contribution in [2.45, 2.75) is 25.4 Å². The normalized spacial score (nSPS) is 31.8. The molecule has 0 saturated heterocycles. The average molecular weight is 242 g/mol. The maximum Gasteiger partial charge on any atom is 0.0941 e. The van der Waals surface area contributed by atoms with E-state index in [0.717, 1.165) is 22.9 Å². The lowest BCUT2D eigenvalue weighted by Crippen LogP contribution is -2.09. The lowest BCUT2D eigenvalue weighted by Gasteiger charge is -2.11. The molecule has 0 aliphatic heterocycles. The molecule has 2 nitrogen and oxygen atoms in total. The fourth-order valence-electron chi connectivity index (χ4n) is 1.85. The molecule has 1 saturated carbocycles. The second-order valence-corrected chi connectivity index (χ2v) is 4.44. The zero-order chi connectivity index (χ0) is 9.47. The zero-order valence-corrected chi connectivity index (χ0v) is 9.08. The Morgan fingerprint density at radius 1 is 1.77 bits per heavy atom. The van der Waals surface area contributed by atoms with Crippen molar-refractivity contribution in [2.24, 2.45) is 5.92 Å². The van der Waals surface area contributed by atoms with Crippen molar-refractivity contribution in [1.29, 1.82) is 0 Å². The van der Waals surface area contributed by atoms with Crippen molar-refractivity contribution in [3.8, 4) is 0 Å². The Hall–Kier alpha value is -0.410. The van der Waals surface area contributed by atoms with Crippen LogP contribution in [0.2, 0.25) is 0 Å². The summed E-state index contributed by atoms with van der Waals surface area (Å²) in [5.74, 6) is 0.422. The summed E-state index contributed by atoms with van der Waals surface area (Å²) in [6.45, 7) is 2.11. The maximum absolute atomic E-state index is 10.2. The van der Waals surface area contributed by atoms with Crippen LogP contribution in [0.5, 0.6) is 0 Å². The molecular formula is C10H12BrNO. The zero-order valence-electron chi connectivity index (χ0n) is 7.50. The van der Waals surface area contributed by atoms with Crippen LogP contribution in [0.1, 0.15) is 25.3 Å². The molecule has 0 amide bonds. The van der Waals surface area contributed by atoms with Gasteiger partial charge in [-0.3, -0.25) is 4.98 Å². The lowest BCUT2D eigenvalue weighted by molar-refractivity contribution is 0.129. The van der Waals surface area contributed by atoms with Gasteiger partial charge in [0.05, 0.1) is 5.60 Å². The Balaban J connectivity index is 2.32. The molecule has 1 fully saturated rings. The summed E-state index contributed by atoms with van der Waals surface area (Å²) in [6.07, 6.45) is 5.37. The molecule has 0 aromatic carbocycles. The molecule has 1 aliphatic carbocycles. The first-order chi connectivity index (χ1) is 6.18. The number of nitrogens with zero attached hydrogens (tertiary/aromatic N) is 1. The Morgan fingerprint density at radius 3 is 3.08 bits per heavy atom. The smallest absolute Gasteiger partial charge is 0.0941 e. The minimum absolute atomic E-state index is 0.422. The number of rotatable bonds is 2. The third-order valence-electron chi connectivity index (χ3n) is 2.80. The van der Waals surface area contributed by atoms with E-state index in [1.165, 1.54) is 0 Å². The van der Waals surface area contributed by atoms with E-state index in [2.05, 4.69) is 27.8 Å². The van der Waals surface area contributed by atoms with Gasteiger partial charge in [0, 0.05) is 22.4 Å². The molecule has 1 aromatic rings. The van der Waals surface area contributed by atoms with Crippen molar-refractivity contribution in [3.05, 3.63) is 28.5 Å². The standard InChI is InChI=1S/C10H12BrNO/c1-2-7-5-10(7,13)8-3-4-12-6-9(8)11/h3-4,6-7,13H,2,5H2,1H3. The van der Waals surface area contributed by atoms with Gasteiger partial charge in [0.25, 0.3) is 0 Å². The van der Waals surface area contributed by atoms with Gasteiger partial charge >= 0.3 is 0 Å². The van der Waals surface area contributed by atoms with Crippen LogP contribution in [-0.2, 0) is 5.60 Å². The van der Waals surface area contributed by atoms with Gasteiger partial charge in [0.15, 0.2) is 0 Å². The number of aromatic nitrogens is 1. The highest BCUT2D eigenvalue weighted by molar-refractivity contribution is 9.10. The quantitative estimate of drug-likeness (QED) is 0.864. The van der Waals surface area contributed by atoms with E-state index in [-0.39, 0.29) is 0 Å². The van der Waals surface area contributed by atoms with Gasteiger partial charge in [0.1, 0.15) is 0 Å². The number of hydrogen-bond donors (Lipinski definition) is 1. The third kappa shape index (κ3) is 1.40. The average Bonchev–Trinajstić information content (AvgIpc) is 2.79. The van der Waals surface area contributed by atoms with Crippen LogP contribution in [-0.4, -0.2) is 10.1 Å². The van der Waals surface area contributed by atoms with Crippen LogP contribution >= 0.6 is 15.9 Å². The number of aliphatic hydroxyl groups is 1. The predicted octanol–water partition coefficient (Wildman–Crippen LogP) is 2.46. The molecule has 70 valence electrons. The number of pyridine rings is 1. The minimum atomic E-state index is -0.587. The van der Waals surface area contributed by atoms with E-state index in [4.69, 9.17) is 0 Å². The van der Waals surface area contributed by atoms with E-state index < -0.39 is 5.60 Å². The molecule has 2 atom stereocenters. The number of halogens is 1. The van der Waals surface area contributed by atoms with Crippen molar-refractivity contribution in [1.82, 2.24) is 4.98 Å². The summed E-state index contributed by atoms with van der Waals surface area (Å²) in [6, 6.07) is 1.89. The van der Waals surface area contributed by atoms with E-state index in [1.807, 2.05) is 6.07 Å². The van der Waals surface area contributed by atoms with Crippen LogP contribution in [0.3, 0.4) is 0 Å². The first-order valence-corrected chi connectivity index (χ1v) is 5.30. The van der Waals surface area contributed by atoms with E-state index in [0.29, 0.717) is 5.92 Å². The van der Waals surface area contributed by atoms with E-state index in [9.17, 15) is 5.11 Å². The van der Waals surface area contributed by atoms with E-state index in [1.54, 1.807) is 12.4 Å². The van der Waals surface area contributed by atoms with Crippen molar-refractivity contribution >= 4 is 15.9 Å². The molecule has 0 spiro atoms. The van der Waals surface area contributed by atoms with E-state index >= 15 is 0 Å².